The molecule has 0 spiro atoms. The van der Waals surface area contributed by atoms with Gasteiger partial charge < -0.3 is 5.32 Å². The summed E-state index contributed by atoms with van der Waals surface area (Å²) in [6.45, 7) is 8.07. The summed E-state index contributed by atoms with van der Waals surface area (Å²) in [7, 11) is 0. The summed E-state index contributed by atoms with van der Waals surface area (Å²) >= 11 is 0. The molecule has 0 aromatic carbocycles. The molecular formula is C18H22N2O. The van der Waals surface area contributed by atoms with Crippen LogP contribution in [-0.2, 0) is 4.79 Å². The number of allylic oxidation sites excluding steroid dienone is 5. The number of nitriles is 1. The Kier molecular flexibility index (Phi) is 3.91. The van der Waals surface area contributed by atoms with Gasteiger partial charge in [0.15, 0.2) is 0 Å². The summed E-state index contributed by atoms with van der Waals surface area (Å²) in [4.78, 5) is 12.7. The third-order valence-electron chi connectivity index (χ3n) is 4.63. The van der Waals surface area contributed by atoms with Crippen LogP contribution in [0, 0.1) is 16.7 Å². The fourth-order valence-electron chi connectivity index (χ4n) is 3.24. The molecule has 2 aliphatic rings. The summed E-state index contributed by atoms with van der Waals surface area (Å²) in [6.07, 6.45) is 11.0. The van der Waals surface area contributed by atoms with Crippen LogP contribution in [0.15, 0.2) is 47.1 Å². The molecule has 0 unspecified atom stereocenters. The van der Waals surface area contributed by atoms with Crippen LogP contribution in [0.1, 0.15) is 40.5 Å². The zero-order valence-corrected chi connectivity index (χ0v) is 13.2. The molecular weight excluding hydrogens is 260 g/mol. The molecule has 3 nitrogen and oxygen atoms in total. The van der Waals surface area contributed by atoms with Gasteiger partial charge >= 0.3 is 0 Å². The van der Waals surface area contributed by atoms with Crippen molar-refractivity contribution in [2.75, 3.05) is 0 Å². The number of amides is 1. The van der Waals surface area contributed by atoms with E-state index in [2.05, 4.69) is 17.5 Å². The predicted octanol–water partition coefficient (Wildman–Crippen LogP) is 3.57. The Balaban J connectivity index is 2.80. The lowest BCUT2D eigenvalue weighted by Crippen LogP contribution is -2.56. The molecule has 0 saturated heterocycles. The van der Waals surface area contributed by atoms with Gasteiger partial charge in [-0.1, -0.05) is 32.1 Å². The second-order valence-electron chi connectivity index (χ2n) is 6.13. The Labute approximate surface area is 126 Å². The monoisotopic (exact) mass is 282 g/mol. The summed E-state index contributed by atoms with van der Waals surface area (Å²) in [5, 5.41) is 12.4. The minimum absolute atomic E-state index is 0.0581. The molecule has 1 amide bonds. The van der Waals surface area contributed by atoms with Crippen molar-refractivity contribution in [2.24, 2.45) is 5.41 Å². The van der Waals surface area contributed by atoms with Crippen LogP contribution in [0.25, 0.3) is 0 Å². The second-order valence-corrected chi connectivity index (χ2v) is 6.13. The van der Waals surface area contributed by atoms with Gasteiger partial charge in [-0.2, -0.15) is 5.26 Å². The average Bonchev–Trinajstić information content (AvgIpc) is 2.40. The van der Waals surface area contributed by atoms with Gasteiger partial charge in [0, 0.05) is 0 Å². The van der Waals surface area contributed by atoms with Gasteiger partial charge in [-0.05, 0) is 50.0 Å². The predicted molar refractivity (Wildman–Crippen MR) is 84.2 cm³/mol. The molecule has 1 aliphatic heterocycles. The van der Waals surface area contributed by atoms with Gasteiger partial charge in [0.05, 0.1) is 22.6 Å². The topological polar surface area (TPSA) is 52.9 Å². The fraction of sp³-hybridized carbons (Fsp3) is 0.444. The molecule has 1 aliphatic carbocycles. The van der Waals surface area contributed by atoms with Crippen molar-refractivity contribution in [3.63, 3.8) is 0 Å². The lowest BCUT2D eigenvalue weighted by molar-refractivity contribution is -0.131. The van der Waals surface area contributed by atoms with Crippen molar-refractivity contribution in [3.8, 4) is 6.07 Å². The summed E-state index contributed by atoms with van der Waals surface area (Å²) in [5.41, 5.74) is 1.67. The maximum absolute atomic E-state index is 12.7. The molecule has 0 bridgehead atoms. The lowest BCUT2D eigenvalue weighted by atomic mass is 9.66. The molecule has 110 valence electrons. The number of hydrogen-bond acceptors (Lipinski definition) is 2. The minimum atomic E-state index is -0.553. The van der Waals surface area contributed by atoms with E-state index in [0.29, 0.717) is 5.57 Å². The van der Waals surface area contributed by atoms with E-state index in [1.54, 1.807) is 6.08 Å². The molecule has 0 radical (unpaired) electrons. The number of rotatable bonds is 2. The number of nitrogens with one attached hydrogen (secondary N) is 1. The zero-order chi connectivity index (χ0) is 15.7. The highest BCUT2D eigenvalue weighted by Gasteiger charge is 2.47. The van der Waals surface area contributed by atoms with Crippen molar-refractivity contribution in [1.82, 2.24) is 5.32 Å². The molecule has 0 aromatic rings. The van der Waals surface area contributed by atoms with Crippen LogP contribution in [-0.4, -0.2) is 11.4 Å². The van der Waals surface area contributed by atoms with E-state index < -0.39 is 11.0 Å². The van der Waals surface area contributed by atoms with Crippen LogP contribution in [0.2, 0.25) is 0 Å². The summed E-state index contributed by atoms with van der Waals surface area (Å²) in [5.74, 6) is 0.0581. The highest BCUT2D eigenvalue weighted by Crippen LogP contribution is 2.45. The van der Waals surface area contributed by atoms with Gasteiger partial charge in [-0.3, -0.25) is 4.79 Å². The third-order valence-corrected chi connectivity index (χ3v) is 4.63. The minimum Gasteiger partial charge on any atom is -0.346 e. The first-order chi connectivity index (χ1) is 9.91. The molecule has 1 N–H and O–H groups in total. The average molecular weight is 282 g/mol. The second kappa shape index (κ2) is 5.37. The highest BCUT2D eigenvalue weighted by atomic mass is 16.2. The van der Waals surface area contributed by atoms with E-state index in [0.717, 1.165) is 24.0 Å². The van der Waals surface area contributed by atoms with Crippen molar-refractivity contribution in [3.05, 3.63) is 47.1 Å². The van der Waals surface area contributed by atoms with Crippen LogP contribution in [0.5, 0.6) is 0 Å². The van der Waals surface area contributed by atoms with Gasteiger partial charge in [-0.15, -0.1) is 0 Å². The standard InChI is InChI=1S/C18H22N2O/c1-5-18(6-2)15-11-13(12-19)9-7-8-10-14(15)17(3,4)20-16(18)21/h7-11H,5-6H2,1-4H3,(H,20,21)/b8-7?,9-7+,10-8?,13-9?,13-11+,14-10?,15-11?. The molecule has 0 aromatic heterocycles. The Morgan fingerprint density at radius 1 is 1.14 bits per heavy atom. The first-order valence-corrected chi connectivity index (χ1v) is 7.45. The highest BCUT2D eigenvalue weighted by molar-refractivity contribution is 5.90. The first kappa shape index (κ1) is 15.3. The maximum Gasteiger partial charge on any atom is 0.231 e. The fourth-order valence-corrected chi connectivity index (χ4v) is 3.24. The van der Waals surface area contributed by atoms with Crippen molar-refractivity contribution in [1.29, 1.82) is 5.26 Å². The van der Waals surface area contributed by atoms with Crippen LogP contribution in [0.3, 0.4) is 0 Å². The molecule has 0 atom stereocenters. The third kappa shape index (κ3) is 2.35. The van der Waals surface area contributed by atoms with E-state index in [-0.39, 0.29) is 5.91 Å². The molecule has 1 heterocycles. The molecule has 0 fully saturated rings. The van der Waals surface area contributed by atoms with E-state index in [4.69, 9.17) is 0 Å². The lowest BCUT2D eigenvalue weighted by Gasteiger charge is -2.45. The Bertz CT molecular complexity index is 620. The molecule has 3 heteroatoms. The molecule has 2 rings (SSSR count). The van der Waals surface area contributed by atoms with Crippen LogP contribution in [0.4, 0.5) is 0 Å². The normalized spacial score (nSPS) is 26.6. The molecule has 21 heavy (non-hydrogen) atoms. The summed E-state index contributed by atoms with van der Waals surface area (Å²) < 4.78 is 0. The molecule has 0 saturated carbocycles. The van der Waals surface area contributed by atoms with Gasteiger partial charge in [0.25, 0.3) is 0 Å². The number of carbonyl (C=O) groups excluding carboxylic acids is 1. The SMILES string of the molecule is CCC1(CC)C(=O)NC(C)(C)C2=C1/C=C(C#N)\C=C\C=C2. The Morgan fingerprint density at radius 3 is 2.33 bits per heavy atom. The number of carbonyl (C=O) groups is 1. The first-order valence-electron chi connectivity index (χ1n) is 7.45. The smallest absolute Gasteiger partial charge is 0.231 e. The van der Waals surface area contributed by atoms with Gasteiger partial charge in [0.2, 0.25) is 5.91 Å². The van der Waals surface area contributed by atoms with Crippen LogP contribution < -0.4 is 5.32 Å². The Morgan fingerprint density at radius 2 is 1.76 bits per heavy atom. The van der Waals surface area contributed by atoms with E-state index >= 15 is 0 Å². The quantitative estimate of drug-likeness (QED) is 0.841. The van der Waals surface area contributed by atoms with E-state index in [1.165, 1.54) is 0 Å². The summed E-state index contributed by atoms with van der Waals surface area (Å²) in [6, 6.07) is 2.21. The number of hydrogen-bond donors (Lipinski definition) is 1. The van der Waals surface area contributed by atoms with Gasteiger partial charge in [0.1, 0.15) is 0 Å². The van der Waals surface area contributed by atoms with E-state index in [1.807, 2.05) is 45.9 Å². The van der Waals surface area contributed by atoms with Gasteiger partial charge in [-0.25, -0.2) is 0 Å². The zero-order valence-electron chi connectivity index (χ0n) is 13.2. The van der Waals surface area contributed by atoms with Crippen molar-refractivity contribution >= 4 is 5.91 Å². The number of nitrogens with zero attached hydrogens (tertiary/aromatic N) is 1. The largest absolute Gasteiger partial charge is 0.346 e. The van der Waals surface area contributed by atoms with E-state index in [9.17, 15) is 10.1 Å². The van der Waals surface area contributed by atoms with Crippen LogP contribution >= 0.6 is 0 Å². The Hall–Kier alpha value is -2.08. The maximum atomic E-state index is 12.7. The van der Waals surface area contributed by atoms with Crippen molar-refractivity contribution in [2.45, 2.75) is 46.1 Å². The van der Waals surface area contributed by atoms with Crippen molar-refractivity contribution < 1.29 is 4.79 Å².